The van der Waals surface area contributed by atoms with Crippen molar-refractivity contribution in [1.29, 1.82) is 0 Å². The Kier molecular flexibility index (Phi) is 5.85. The normalized spacial score (nSPS) is 17.6. The van der Waals surface area contributed by atoms with Crippen LogP contribution in [-0.2, 0) is 4.74 Å². The fraction of sp³-hybridized carbons (Fsp3) is 0.500. The molecule has 1 aliphatic rings. The van der Waals surface area contributed by atoms with E-state index in [-0.39, 0.29) is 12.4 Å². The molecule has 0 spiro atoms. The molecule has 2 N–H and O–H groups in total. The van der Waals surface area contributed by atoms with Crippen LogP contribution in [-0.4, -0.2) is 25.9 Å². The van der Waals surface area contributed by atoms with Crippen LogP contribution in [0.3, 0.4) is 0 Å². The molecule has 108 valence electrons. The van der Waals surface area contributed by atoms with E-state index in [1.165, 1.54) is 6.07 Å². The summed E-state index contributed by atoms with van der Waals surface area (Å²) in [5.74, 6) is 5.48. The predicted octanol–water partition coefficient (Wildman–Crippen LogP) is 2.47. The highest BCUT2D eigenvalue weighted by Crippen LogP contribution is 2.19. The van der Waals surface area contributed by atoms with E-state index in [1.54, 1.807) is 12.1 Å². The van der Waals surface area contributed by atoms with Crippen LogP contribution in [0.25, 0.3) is 0 Å². The summed E-state index contributed by atoms with van der Waals surface area (Å²) in [6.07, 6.45) is 4.60. The van der Waals surface area contributed by atoms with Crippen LogP contribution in [0.15, 0.2) is 18.2 Å². The van der Waals surface area contributed by atoms with E-state index in [0.29, 0.717) is 24.0 Å². The molecular formula is C16H20FNO2. The van der Waals surface area contributed by atoms with Gasteiger partial charge in [0.05, 0.1) is 24.8 Å². The van der Waals surface area contributed by atoms with Gasteiger partial charge in [-0.25, -0.2) is 4.39 Å². The summed E-state index contributed by atoms with van der Waals surface area (Å²) >= 11 is 0. The van der Waals surface area contributed by atoms with Gasteiger partial charge in [0.15, 0.2) is 0 Å². The SMILES string of the molecule is NCC#Cc1ccc(OCCCC2CCCO2)cc1F. The first-order valence-corrected chi connectivity index (χ1v) is 7.02. The van der Waals surface area contributed by atoms with Gasteiger partial charge in [-0.3, -0.25) is 0 Å². The predicted molar refractivity (Wildman–Crippen MR) is 76.0 cm³/mol. The summed E-state index contributed by atoms with van der Waals surface area (Å²) in [7, 11) is 0. The zero-order valence-corrected chi connectivity index (χ0v) is 11.5. The van der Waals surface area contributed by atoms with Crippen molar-refractivity contribution >= 4 is 0 Å². The lowest BCUT2D eigenvalue weighted by molar-refractivity contribution is 0.0981. The maximum Gasteiger partial charge on any atom is 0.142 e. The largest absolute Gasteiger partial charge is 0.493 e. The lowest BCUT2D eigenvalue weighted by atomic mass is 10.1. The Labute approximate surface area is 119 Å². The maximum atomic E-state index is 13.7. The average molecular weight is 277 g/mol. The van der Waals surface area contributed by atoms with Crippen molar-refractivity contribution in [3.8, 4) is 17.6 Å². The quantitative estimate of drug-likeness (QED) is 0.664. The number of hydrogen-bond acceptors (Lipinski definition) is 3. The van der Waals surface area contributed by atoms with Crippen LogP contribution in [0, 0.1) is 17.7 Å². The molecular weight excluding hydrogens is 257 g/mol. The van der Waals surface area contributed by atoms with Crippen molar-refractivity contribution < 1.29 is 13.9 Å². The highest BCUT2D eigenvalue weighted by atomic mass is 19.1. The fourth-order valence-electron chi connectivity index (χ4n) is 2.21. The minimum Gasteiger partial charge on any atom is -0.493 e. The number of benzene rings is 1. The van der Waals surface area contributed by atoms with E-state index in [0.717, 1.165) is 32.3 Å². The molecule has 1 fully saturated rings. The topological polar surface area (TPSA) is 44.5 Å². The molecule has 1 heterocycles. The lowest BCUT2D eigenvalue weighted by Gasteiger charge is -2.10. The molecule has 0 bridgehead atoms. The Morgan fingerprint density at radius 2 is 2.35 bits per heavy atom. The van der Waals surface area contributed by atoms with Crippen LogP contribution in [0.5, 0.6) is 5.75 Å². The van der Waals surface area contributed by atoms with Crippen LogP contribution in [0.1, 0.15) is 31.2 Å². The summed E-state index contributed by atoms with van der Waals surface area (Å²) in [5.41, 5.74) is 5.61. The number of rotatable bonds is 5. The van der Waals surface area contributed by atoms with Gasteiger partial charge in [0, 0.05) is 12.7 Å². The Bertz CT molecular complexity index is 487. The van der Waals surface area contributed by atoms with Crippen molar-refractivity contribution in [2.45, 2.75) is 31.8 Å². The fourth-order valence-corrected chi connectivity index (χ4v) is 2.21. The number of ether oxygens (including phenoxy) is 2. The lowest BCUT2D eigenvalue weighted by Crippen LogP contribution is -2.07. The van der Waals surface area contributed by atoms with Crippen molar-refractivity contribution in [3.05, 3.63) is 29.6 Å². The molecule has 2 rings (SSSR count). The zero-order chi connectivity index (χ0) is 14.2. The first kappa shape index (κ1) is 14.8. The molecule has 1 unspecified atom stereocenters. The van der Waals surface area contributed by atoms with E-state index in [4.69, 9.17) is 15.2 Å². The highest BCUT2D eigenvalue weighted by molar-refractivity contribution is 5.39. The Hall–Kier alpha value is -1.57. The van der Waals surface area contributed by atoms with E-state index in [1.807, 2.05) is 0 Å². The Balaban J connectivity index is 1.76. The van der Waals surface area contributed by atoms with Gasteiger partial charge in [-0.15, -0.1) is 0 Å². The summed E-state index contributed by atoms with van der Waals surface area (Å²) in [6.45, 7) is 1.68. The molecule has 3 nitrogen and oxygen atoms in total. The molecule has 1 saturated heterocycles. The van der Waals surface area contributed by atoms with Gasteiger partial charge in [0.1, 0.15) is 11.6 Å². The minimum atomic E-state index is -0.373. The second kappa shape index (κ2) is 7.88. The summed E-state index contributed by atoms with van der Waals surface area (Å²) in [4.78, 5) is 0. The van der Waals surface area contributed by atoms with Crippen LogP contribution < -0.4 is 10.5 Å². The third-order valence-electron chi connectivity index (χ3n) is 3.23. The highest BCUT2D eigenvalue weighted by Gasteiger charge is 2.14. The molecule has 1 aromatic rings. The second-order valence-corrected chi connectivity index (χ2v) is 4.77. The van der Waals surface area contributed by atoms with Gasteiger partial charge in [0.25, 0.3) is 0 Å². The number of nitrogens with two attached hydrogens (primary N) is 1. The molecule has 20 heavy (non-hydrogen) atoms. The van der Waals surface area contributed by atoms with E-state index < -0.39 is 0 Å². The van der Waals surface area contributed by atoms with E-state index >= 15 is 0 Å². The van der Waals surface area contributed by atoms with Crippen LogP contribution >= 0.6 is 0 Å². The van der Waals surface area contributed by atoms with Crippen LogP contribution in [0.2, 0.25) is 0 Å². The molecule has 1 aliphatic heterocycles. The van der Waals surface area contributed by atoms with Crippen molar-refractivity contribution in [3.63, 3.8) is 0 Å². The summed E-state index contributed by atoms with van der Waals surface area (Å²) in [6, 6.07) is 4.72. The van der Waals surface area contributed by atoms with Gasteiger partial charge in [0.2, 0.25) is 0 Å². The molecule has 0 aromatic heterocycles. The summed E-state index contributed by atoms with van der Waals surface area (Å²) < 4.78 is 24.8. The van der Waals surface area contributed by atoms with E-state index in [9.17, 15) is 4.39 Å². The molecule has 0 radical (unpaired) electrons. The molecule has 1 atom stereocenters. The number of hydrogen-bond donors (Lipinski definition) is 1. The second-order valence-electron chi connectivity index (χ2n) is 4.77. The molecule has 0 amide bonds. The van der Waals surface area contributed by atoms with Crippen molar-refractivity contribution in [2.75, 3.05) is 19.8 Å². The molecule has 1 aromatic carbocycles. The first-order chi connectivity index (χ1) is 9.79. The zero-order valence-electron chi connectivity index (χ0n) is 11.5. The molecule has 4 heteroatoms. The maximum absolute atomic E-state index is 13.7. The third kappa shape index (κ3) is 4.52. The standard InChI is InChI=1S/C16H20FNO2/c17-16-12-15(8-7-13(16)4-1-9-18)20-11-3-6-14-5-2-10-19-14/h7-8,12,14H,2-3,5-6,9-11,18H2. The average Bonchev–Trinajstić information content (AvgIpc) is 2.96. The van der Waals surface area contributed by atoms with Gasteiger partial charge < -0.3 is 15.2 Å². The minimum absolute atomic E-state index is 0.223. The van der Waals surface area contributed by atoms with Crippen molar-refractivity contribution in [1.82, 2.24) is 0 Å². The van der Waals surface area contributed by atoms with Gasteiger partial charge in [-0.2, -0.15) is 0 Å². The van der Waals surface area contributed by atoms with Gasteiger partial charge in [-0.05, 0) is 37.8 Å². The van der Waals surface area contributed by atoms with E-state index in [2.05, 4.69) is 11.8 Å². The smallest absolute Gasteiger partial charge is 0.142 e. The van der Waals surface area contributed by atoms with Gasteiger partial charge in [-0.1, -0.05) is 11.8 Å². The monoisotopic (exact) mass is 277 g/mol. The Morgan fingerprint density at radius 1 is 1.45 bits per heavy atom. The van der Waals surface area contributed by atoms with Crippen LogP contribution in [0.4, 0.5) is 4.39 Å². The molecule has 0 saturated carbocycles. The summed E-state index contributed by atoms with van der Waals surface area (Å²) in [5, 5.41) is 0. The Morgan fingerprint density at radius 3 is 3.05 bits per heavy atom. The molecule has 0 aliphatic carbocycles. The first-order valence-electron chi connectivity index (χ1n) is 7.02. The van der Waals surface area contributed by atoms with Gasteiger partial charge >= 0.3 is 0 Å². The van der Waals surface area contributed by atoms with Crippen molar-refractivity contribution in [2.24, 2.45) is 5.73 Å². The third-order valence-corrected chi connectivity index (χ3v) is 3.23. The number of halogens is 1.